The molecule has 0 aliphatic carbocycles. The molecule has 0 radical (unpaired) electrons. The molecule has 0 unspecified atom stereocenters. The largest absolute Gasteiger partial charge is 0.340 e. The highest BCUT2D eigenvalue weighted by Crippen LogP contribution is 2.16. The van der Waals surface area contributed by atoms with Crippen molar-refractivity contribution in [1.29, 1.82) is 0 Å². The monoisotopic (exact) mass is 251 g/mol. The fourth-order valence-electron chi connectivity index (χ4n) is 1.56. The first-order valence-corrected chi connectivity index (χ1v) is 6.67. The van der Waals surface area contributed by atoms with Crippen molar-refractivity contribution in [3.05, 3.63) is 33.6 Å². The lowest BCUT2D eigenvalue weighted by Gasteiger charge is -1.99. The van der Waals surface area contributed by atoms with Crippen molar-refractivity contribution in [1.82, 2.24) is 15.5 Å². The summed E-state index contributed by atoms with van der Waals surface area (Å²) < 4.78 is 4.91. The minimum absolute atomic E-state index is 0.630. The van der Waals surface area contributed by atoms with E-state index in [1.54, 1.807) is 0 Å². The smallest absolute Gasteiger partial charge is 0.223 e. The normalized spacial score (nSPS) is 10.9. The molecular weight excluding hydrogens is 234 g/mol. The molecule has 2 aromatic heterocycles. The molecule has 0 fully saturated rings. The highest BCUT2D eigenvalue weighted by molar-refractivity contribution is 7.11. The molecule has 2 rings (SSSR count). The van der Waals surface area contributed by atoms with Crippen LogP contribution in [0.3, 0.4) is 0 Å². The third-order valence-electron chi connectivity index (χ3n) is 2.46. The Morgan fingerprint density at radius 3 is 2.82 bits per heavy atom. The van der Waals surface area contributed by atoms with Crippen molar-refractivity contribution < 1.29 is 4.52 Å². The van der Waals surface area contributed by atoms with Gasteiger partial charge in [0.05, 0.1) is 0 Å². The average molecular weight is 251 g/mol. The van der Waals surface area contributed by atoms with E-state index in [4.69, 9.17) is 4.52 Å². The topological polar surface area (TPSA) is 51.0 Å². The Kier molecular flexibility index (Phi) is 4.28. The Labute approximate surface area is 105 Å². The number of thiophene rings is 1. The van der Waals surface area contributed by atoms with Crippen molar-refractivity contribution >= 4 is 11.3 Å². The Bertz CT molecular complexity index is 464. The lowest BCUT2D eigenvalue weighted by molar-refractivity contribution is 0.387. The fraction of sp³-hybridized carbons (Fsp3) is 0.500. The molecule has 5 heteroatoms. The fourth-order valence-corrected chi connectivity index (χ4v) is 2.49. The average Bonchev–Trinajstić information content (AvgIpc) is 2.93. The molecule has 4 nitrogen and oxygen atoms in total. The molecule has 0 atom stereocenters. The number of nitrogens with one attached hydrogen (secondary N) is 1. The van der Waals surface area contributed by atoms with Gasteiger partial charge in [-0.1, -0.05) is 12.1 Å². The van der Waals surface area contributed by atoms with Crippen molar-refractivity contribution in [3.8, 4) is 0 Å². The Morgan fingerprint density at radius 2 is 2.18 bits per heavy atom. The van der Waals surface area contributed by atoms with Crippen LogP contribution in [0.25, 0.3) is 0 Å². The number of hydrogen-bond acceptors (Lipinski definition) is 5. The van der Waals surface area contributed by atoms with Gasteiger partial charge in [-0.25, -0.2) is 0 Å². The molecule has 2 heterocycles. The summed E-state index contributed by atoms with van der Waals surface area (Å²) in [5.41, 5.74) is 0. The summed E-state index contributed by atoms with van der Waals surface area (Å²) in [5.74, 6) is 1.40. The van der Waals surface area contributed by atoms with E-state index in [1.807, 2.05) is 18.3 Å². The highest BCUT2D eigenvalue weighted by atomic mass is 32.1. The molecule has 92 valence electrons. The van der Waals surface area contributed by atoms with Crippen LogP contribution < -0.4 is 5.32 Å². The van der Waals surface area contributed by atoms with Crippen LogP contribution in [0.15, 0.2) is 16.7 Å². The lowest BCUT2D eigenvalue weighted by atomic mass is 10.3. The summed E-state index contributed by atoms with van der Waals surface area (Å²) >= 11 is 1.87. The molecule has 0 saturated heterocycles. The van der Waals surface area contributed by atoms with E-state index in [1.165, 1.54) is 9.75 Å². The summed E-state index contributed by atoms with van der Waals surface area (Å²) in [6.07, 6.45) is 1.93. The van der Waals surface area contributed by atoms with Crippen LogP contribution in [0.5, 0.6) is 0 Å². The summed E-state index contributed by atoms with van der Waals surface area (Å²) in [5, 5.41) is 7.24. The van der Waals surface area contributed by atoms with Gasteiger partial charge in [0.2, 0.25) is 5.89 Å². The molecule has 17 heavy (non-hydrogen) atoms. The first kappa shape index (κ1) is 12.3. The van der Waals surface area contributed by atoms with Gasteiger partial charge in [-0.05, 0) is 18.6 Å². The van der Waals surface area contributed by atoms with Crippen molar-refractivity contribution in [2.75, 3.05) is 6.54 Å². The van der Waals surface area contributed by atoms with E-state index >= 15 is 0 Å². The lowest BCUT2D eigenvalue weighted by Crippen LogP contribution is -2.16. The third-order valence-corrected chi connectivity index (χ3v) is 3.69. The SMILES string of the molecule is CCc1ccc(CNCCc2noc(C)n2)s1. The maximum Gasteiger partial charge on any atom is 0.223 e. The number of nitrogens with zero attached hydrogens (tertiary/aromatic N) is 2. The summed E-state index contributed by atoms with van der Waals surface area (Å²) in [6.45, 7) is 5.78. The van der Waals surface area contributed by atoms with Gasteiger partial charge in [0.25, 0.3) is 0 Å². The van der Waals surface area contributed by atoms with Crippen LogP contribution in [0.4, 0.5) is 0 Å². The standard InChI is InChI=1S/C12H17N3OS/c1-3-10-4-5-11(17-10)8-13-7-6-12-14-9(2)16-15-12/h4-5,13H,3,6-8H2,1-2H3. The molecule has 1 N–H and O–H groups in total. The van der Waals surface area contributed by atoms with Crippen LogP contribution in [-0.2, 0) is 19.4 Å². The first-order chi connectivity index (χ1) is 8.28. The minimum Gasteiger partial charge on any atom is -0.340 e. The molecule has 0 saturated carbocycles. The first-order valence-electron chi connectivity index (χ1n) is 5.85. The van der Waals surface area contributed by atoms with E-state index in [2.05, 4.69) is 34.5 Å². The molecule has 0 amide bonds. The van der Waals surface area contributed by atoms with Gasteiger partial charge >= 0.3 is 0 Å². The molecule has 0 spiro atoms. The minimum atomic E-state index is 0.630. The quantitative estimate of drug-likeness (QED) is 0.801. The number of rotatable bonds is 6. The van der Waals surface area contributed by atoms with Crippen LogP contribution in [-0.4, -0.2) is 16.7 Å². The number of aromatic nitrogens is 2. The van der Waals surface area contributed by atoms with Gasteiger partial charge in [0, 0.05) is 36.2 Å². The van der Waals surface area contributed by atoms with Crippen molar-refractivity contribution in [2.24, 2.45) is 0 Å². The van der Waals surface area contributed by atoms with E-state index < -0.39 is 0 Å². The van der Waals surface area contributed by atoms with Gasteiger partial charge in [0.1, 0.15) is 0 Å². The molecule has 2 aromatic rings. The van der Waals surface area contributed by atoms with Crippen molar-refractivity contribution in [3.63, 3.8) is 0 Å². The van der Waals surface area contributed by atoms with Gasteiger partial charge in [-0.15, -0.1) is 11.3 Å². The zero-order valence-electron chi connectivity index (χ0n) is 10.2. The number of hydrogen-bond donors (Lipinski definition) is 1. The van der Waals surface area contributed by atoms with E-state index in [0.29, 0.717) is 5.89 Å². The van der Waals surface area contributed by atoms with Gasteiger partial charge in [-0.2, -0.15) is 4.98 Å². The Balaban J connectivity index is 1.69. The highest BCUT2D eigenvalue weighted by Gasteiger charge is 2.02. The maximum atomic E-state index is 4.91. The number of aryl methyl sites for hydroxylation is 2. The van der Waals surface area contributed by atoms with E-state index in [0.717, 1.165) is 31.8 Å². The Morgan fingerprint density at radius 1 is 1.35 bits per heavy atom. The second-order valence-corrected chi connectivity index (χ2v) is 5.13. The Hall–Kier alpha value is -1.20. The zero-order chi connectivity index (χ0) is 12.1. The zero-order valence-corrected chi connectivity index (χ0v) is 11.0. The third kappa shape index (κ3) is 3.64. The van der Waals surface area contributed by atoms with Crippen molar-refractivity contribution in [2.45, 2.75) is 33.2 Å². The molecule has 0 bridgehead atoms. The van der Waals surface area contributed by atoms with E-state index in [-0.39, 0.29) is 0 Å². The molecule has 0 aromatic carbocycles. The molecule has 0 aliphatic heterocycles. The molecule has 0 aliphatic rings. The van der Waals surface area contributed by atoms with E-state index in [9.17, 15) is 0 Å². The predicted molar refractivity (Wildman–Crippen MR) is 68.1 cm³/mol. The van der Waals surface area contributed by atoms with Crippen LogP contribution in [0, 0.1) is 6.92 Å². The van der Waals surface area contributed by atoms with Crippen LogP contribution in [0.2, 0.25) is 0 Å². The summed E-state index contributed by atoms with van der Waals surface area (Å²) in [6, 6.07) is 4.39. The van der Waals surface area contributed by atoms with Crippen LogP contribution >= 0.6 is 11.3 Å². The second-order valence-electron chi connectivity index (χ2n) is 3.88. The van der Waals surface area contributed by atoms with Gasteiger partial charge in [0.15, 0.2) is 5.82 Å². The van der Waals surface area contributed by atoms with Crippen LogP contribution in [0.1, 0.15) is 28.4 Å². The van der Waals surface area contributed by atoms with Gasteiger partial charge < -0.3 is 9.84 Å². The summed E-state index contributed by atoms with van der Waals surface area (Å²) in [7, 11) is 0. The second kappa shape index (κ2) is 5.93. The summed E-state index contributed by atoms with van der Waals surface area (Å²) in [4.78, 5) is 6.98. The molecular formula is C12H17N3OS. The maximum absolute atomic E-state index is 4.91. The predicted octanol–water partition coefficient (Wildman–Crippen LogP) is 2.33. The van der Waals surface area contributed by atoms with Gasteiger partial charge in [-0.3, -0.25) is 0 Å².